The number of nitrogens with one attached hydrogen (secondary N) is 1. The van der Waals surface area contributed by atoms with Gasteiger partial charge in [-0.3, -0.25) is 0 Å². The highest BCUT2D eigenvalue weighted by atomic mass is 16.3. The number of carbonyl (C=O) groups is 1. The zero-order valence-corrected chi connectivity index (χ0v) is 13.0. The standard InChI is InChI=1S/C17H26N2O2/c1-3-13-7-4-5-8-14(13)11-18-17(21)19(2)12-15-9-6-10-16(15)20/h4-5,7-8,15-16,20H,3,6,9-12H2,1-2H3,(H,18,21). The van der Waals surface area contributed by atoms with E-state index in [4.69, 9.17) is 0 Å². The highest BCUT2D eigenvalue weighted by Gasteiger charge is 2.27. The van der Waals surface area contributed by atoms with Gasteiger partial charge in [-0.1, -0.05) is 37.6 Å². The Kier molecular flexibility index (Phi) is 5.62. The maximum Gasteiger partial charge on any atom is 0.317 e. The molecule has 0 saturated heterocycles. The molecule has 4 nitrogen and oxygen atoms in total. The third kappa shape index (κ3) is 4.21. The molecule has 0 heterocycles. The fourth-order valence-electron chi connectivity index (χ4n) is 3.05. The molecule has 116 valence electrons. The molecule has 1 aliphatic carbocycles. The third-order valence-corrected chi connectivity index (χ3v) is 4.40. The molecule has 1 aromatic rings. The summed E-state index contributed by atoms with van der Waals surface area (Å²) in [7, 11) is 1.80. The largest absolute Gasteiger partial charge is 0.393 e. The van der Waals surface area contributed by atoms with Gasteiger partial charge in [0.25, 0.3) is 0 Å². The van der Waals surface area contributed by atoms with Gasteiger partial charge < -0.3 is 15.3 Å². The second-order valence-corrected chi connectivity index (χ2v) is 5.92. The topological polar surface area (TPSA) is 52.6 Å². The molecule has 2 amide bonds. The minimum absolute atomic E-state index is 0.0694. The van der Waals surface area contributed by atoms with E-state index in [0.29, 0.717) is 13.1 Å². The van der Waals surface area contributed by atoms with Gasteiger partial charge in [0.1, 0.15) is 0 Å². The summed E-state index contributed by atoms with van der Waals surface area (Å²) in [5.41, 5.74) is 2.44. The number of amides is 2. The van der Waals surface area contributed by atoms with Crippen molar-refractivity contribution < 1.29 is 9.90 Å². The van der Waals surface area contributed by atoms with Gasteiger partial charge >= 0.3 is 6.03 Å². The first kappa shape index (κ1) is 15.8. The van der Waals surface area contributed by atoms with Crippen LogP contribution in [-0.2, 0) is 13.0 Å². The van der Waals surface area contributed by atoms with Gasteiger partial charge in [0, 0.05) is 26.1 Å². The average molecular weight is 290 g/mol. The summed E-state index contributed by atoms with van der Waals surface area (Å²) < 4.78 is 0. The van der Waals surface area contributed by atoms with Crippen LogP contribution in [0, 0.1) is 5.92 Å². The number of aliphatic hydroxyl groups excluding tert-OH is 1. The van der Waals surface area contributed by atoms with Crippen LogP contribution in [0.5, 0.6) is 0 Å². The molecular weight excluding hydrogens is 264 g/mol. The van der Waals surface area contributed by atoms with Crippen LogP contribution in [0.3, 0.4) is 0 Å². The van der Waals surface area contributed by atoms with Gasteiger partial charge in [0.15, 0.2) is 0 Å². The molecule has 1 fully saturated rings. The van der Waals surface area contributed by atoms with Gasteiger partial charge in [-0.05, 0) is 30.4 Å². The molecule has 21 heavy (non-hydrogen) atoms. The molecule has 0 radical (unpaired) electrons. The number of carbonyl (C=O) groups excluding carboxylic acids is 1. The molecule has 1 aliphatic rings. The van der Waals surface area contributed by atoms with Gasteiger partial charge in [0.05, 0.1) is 6.10 Å². The Morgan fingerprint density at radius 3 is 2.67 bits per heavy atom. The van der Waals surface area contributed by atoms with Crippen LogP contribution in [0.4, 0.5) is 4.79 Å². The monoisotopic (exact) mass is 290 g/mol. The molecule has 2 rings (SSSR count). The molecule has 2 unspecified atom stereocenters. The number of benzene rings is 1. The lowest BCUT2D eigenvalue weighted by atomic mass is 10.1. The van der Waals surface area contributed by atoms with Crippen LogP contribution in [0.25, 0.3) is 0 Å². The van der Waals surface area contributed by atoms with E-state index in [-0.39, 0.29) is 18.1 Å². The molecule has 4 heteroatoms. The maximum absolute atomic E-state index is 12.1. The SMILES string of the molecule is CCc1ccccc1CNC(=O)N(C)CC1CCCC1O. The van der Waals surface area contributed by atoms with Crippen molar-refractivity contribution in [1.29, 1.82) is 0 Å². The van der Waals surface area contributed by atoms with Gasteiger partial charge in [-0.15, -0.1) is 0 Å². The number of aryl methyl sites for hydroxylation is 1. The average Bonchev–Trinajstić information content (AvgIpc) is 2.90. The van der Waals surface area contributed by atoms with E-state index in [1.165, 1.54) is 11.1 Å². The molecule has 1 aromatic carbocycles. The van der Waals surface area contributed by atoms with Crippen LogP contribution in [0.2, 0.25) is 0 Å². The third-order valence-electron chi connectivity index (χ3n) is 4.40. The van der Waals surface area contributed by atoms with E-state index in [0.717, 1.165) is 25.7 Å². The Morgan fingerprint density at radius 2 is 2.05 bits per heavy atom. The molecule has 2 N–H and O–H groups in total. The zero-order valence-electron chi connectivity index (χ0n) is 13.0. The number of rotatable bonds is 5. The second-order valence-electron chi connectivity index (χ2n) is 5.92. The quantitative estimate of drug-likeness (QED) is 0.875. The first-order valence-corrected chi connectivity index (χ1v) is 7.85. The van der Waals surface area contributed by atoms with E-state index in [2.05, 4.69) is 24.4 Å². The highest BCUT2D eigenvalue weighted by Crippen LogP contribution is 2.25. The zero-order chi connectivity index (χ0) is 15.2. The summed E-state index contributed by atoms with van der Waals surface area (Å²) >= 11 is 0. The van der Waals surface area contributed by atoms with Crippen molar-refractivity contribution in [2.45, 2.75) is 45.3 Å². The van der Waals surface area contributed by atoms with E-state index in [1.54, 1.807) is 11.9 Å². The Bertz CT molecular complexity index is 476. The predicted molar refractivity (Wildman–Crippen MR) is 84.0 cm³/mol. The second kappa shape index (κ2) is 7.46. The van der Waals surface area contributed by atoms with Crippen LogP contribution in [0.15, 0.2) is 24.3 Å². The first-order chi connectivity index (χ1) is 10.1. The van der Waals surface area contributed by atoms with Gasteiger partial charge in [-0.2, -0.15) is 0 Å². The van der Waals surface area contributed by atoms with Crippen LogP contribution >= 0.6 is 0 Å². The Hall–Kier alpha value is -1.55. The van der Waals surface area contributed by atoms with Gasteiger partial charge in [-0.25, -0.2) is 4.79 Å². The lowest BCUT2D eigenvalue weighted by Crippen LogP contribution is -2.41. The van der Waals surface area contributed by atoms with Crippen LogP contribution in [0.1, 0.15) is 37.3 Å². The smallest absolute Gasteiger partial charge is 0.317 e. The molecule has 0 aliphatic heterocycles. The van der Waals surface area contributed by atoms with Crippen molar-refractivity contribution in [3.05, 3.63) is 35.4 Å². The fraction of sp³-hybridized carbons (Fsp3) is 0.588. The predicted octanol–water partition coefficient (Wildman–Crippen LogP) is 2.55. The van der Waals surface area contributed by atoms with Crippen molar-refractivity contribution in [3.63, 3.8) is 0 Å². The van der Waals surface area contributed by atoms with Crippen LogP contribution in [-0.4, -0.2) is 35.7 Å². The summed E-state index contributed by atoms with van der Waals surface area (Å²) in [6.07, 6.45) is 3.66. The Balaban J connectivity index is 1.83. The highest BCUT2D eigenvalue weighted by molar-refractivity contribution is 5.73. The number of nitrogens with zero attached hydrogens (tertiary/aromatic N) is 1. The number of hydrogen-bond donors (Lipinski definition) is 2. The molecule has 1 saturated carbocycles. The summed E-state index contributed by atoms with van der Waals surface area (Å²) in [4.78, 5) is 13.8. The van der Waals surface area contributed by atoms with Crippen molar-refractivity contribution in [2.24, 2.45) is 5.92 Å². The van der Waals surface area contributed by atoms with E-state index < -0.39 is 0 Å². The minimum Gasteiger partial charge on any atom is -0.393 e. The van der Waals surface area contributed by atoms with Crippen molar-refractivity contribution in [3.8, 4) is 0 Å². The van der Waals surface area contributed by atoms with Gasteiger partial charge in [0.2, 0.25) is 0 Å². The molecule has 0 aromatic heterocycles. The van der Waals surface area contributed by atoms with E-state index in [9.17, 15) is 9.90 Å². The summed E-state index contributed by atoms with van der Waals surface area (Å²) in [6.45, 7) is 3.30. The lowest BCUT2D eigenvalue weighted by Gasteiger charge is -2.23. The first-order valence-electron chi connectivity index (χ1n) is 7.85. The number of hydrogen-bond acceptors (Lipinski definition) is 2. The molecular formula is C17H26N2O2. The minimum atomic E-state index is -0.249. The number of aliphatic hydroxyl groups is 1. The van der Waals surface area contributed by atoms with E-state index >= 15 is 0 Å². The van der Waals surface area contributed by atoms with Crippen LogP contribution < -0.4 is 5.32 Å². The lowest BCUT2D eigenvalue weighted by molar-refractivity contribution is 0.114. The molecule has 0 bridgehead atoms. The maximum atomic E-state index is 12.1. The Morgan fingerprint density at radius 1 is 1.33 bits per heavy atom. The molecule has 2 atom stereocenters. The van der Waals surface area contributed by atoms with Crippen molar-refractivity contribution in [1.82, 2.24) is 10.2 Å². The number of urea groups is 1. The van der Waals surface area contributed by atoms with Crippen molar-refractivity contribution >= 4 is 6.03 Å². The Labute approximate surface area is 127 Å². The molecule has 0 spiro atoms. The summed E-state index contributed by atoms with van der Waals surface area (Å²) in [5.74, 6) is 0.226. The fourth-order valence-corrected chi connectivity index (χ4v) is 3.05. The van der Waals surface area contributed by atoms with E-state index in [1.807, 2.05) is 12.1 Å². The van der Waals surface area contributed by atoms with Crippen molar-refractivity contribution in [2.75, 3.05) is 13.6 Å². The normalized spacial score (nSPS) is 21.3. The summed E-state index contributed by atoms with van der Waals surface area (Å²) in [6, 6.07) is 8.11. The summed E-state index contributed by atoms with van der Waals surface area (Å²) in [5, 5.41) is 12.8.